The lowest BCUT2D eigenvalue weighted by Gasteiger charge is -2.15. The van der Waals surface area contributed by atoms with Crippen LogP contribution in [0.2, 0.25) is 0 Å². The number of carbonyl (C=O) groups is 1. The van der Waals surface area contributed by atoms with Crippen molar-refractivity contribution in [3.05, 3.63) is 53.2 Å². The molecule has 3 rings (SSSR count). The second-order valence-corrected chi connectivity index (χ2v) is 8.47. The van der Waals surface area contributed by atoms with Gasteiger partial charge in [0.1, 0.15) is 5.56 Å². The number of H-pyrrole nitrogens is 1. The third-order valence-electron chi connectivity index (χ3n) is 4.62. The number of benzene rings is 2. The summed E-state index contributed by atoms with van der Waals surface area (Å²) in [4.78, 5) is 13.0. The minimum atomic E-state index is -4.13. The van der Waals surface area contributed by atoms with Crippen LogP contribution in [0.25, 0.3) is 0 Å². The van der Waals surface area contributed by atoms with Crippen LogP contribution in [0.5, 0.6) is 17.2 Å². The monoisotopic (exact) mass is 460 g/mol. The zero-order valence-corrected chi connectivity index (χ0v) is 19.1. The van der Waals surface area contributed by atoms with Crippen LogP contribution in [0.3, 0.4) is 0 Å². The summed E-state index contributed by atoms with van der Waals surface area (Å²) in [7, 11) is 0.230. The topological polar surface area (TPSA) is 132 Å². The van der Waals surface area contributed by atoms with E-state index in [1.807, 2.05) is 6.92 Å². The van der Waals surface area contributed by atoms with Gasteiger partial charge in [0.2, 0.25) is 10.8 Å². The number of ether oxygens (including phenoxy) is 3. The summed E-state index contributed by atoms with van der Waals surface area (Å²) in [6.45, 7) is 3.45. The number of rotatable bonds is 8. The fraction of sp³-hybridized carbons (Fsp3) is 0.238. The molecule has 1 heterocycles. The van der Waals surface area contributed by atoms with Gasteiger partial charge in [0.25, 0.3) is 15.9 Å². The lowest BCUT2D eigenvalue weighted by atomic mass is 10.2. The molecule has 0 radical (unpaired) electrons. The molecule has 0 aliphatic heterocycles. The quantitative estimate of drug-likeness (QED) is 0.471. The van der Waals surface area contributed by atoms with Crippen LogP contribution >= 0.6 is 0 Å². The Bertz CT molecular complexity index is 1210. The van der Waals surface area contributed by atoms with Crippen molar-refractivity contribution in [3.8, 4) is 17.2 Å². The van der Waals surface area contributed by atoms with Crippen LogP contribution in [0.1, 0.15) is 21.6 Å². The second-order valence-electron chi connectivity index (χ2n) is 6.87. The summed E-state index contributed by atoms with van der Waals surface area (Å²) in [5, 5.41) is 8.67. The van der Waals surface area contributed by atoms with Gasteiger partial charge in [0.15, 0.2) is 11.5 Å². The minimum Gasteiger partial charge on any atom is -0.493 e. The molecule has 0 spiro atoms. The summed E-state index contributed by atoms with van der Waals surface area (Å²) in [5.41, 5.74) is 1.83. The average Bonchev–Trinajstić information content (AvgIpc) is 3.17. The number of aromatic amines is 1. The molecule has 2 aromatic carbocycles. The molecule has 170 valence electrons. The number of hydrogen-bond donors (Lipinski definition) is 3. The largest absolute Gasteiger partial charge is 0.493 e. The Hall–Kier alpha value is -3.73. The van der Waals surface area contributed by atoms with E-state index in [1.165, 1.54) is 33.5 Å². The van der Waals surface area contributed by atoms with E-state index in [2.05, 4.69) is 20.2 Å². The van der Waals surface area contributed by atoms with E-state index < -0.39 is 21.0 Å². The number of carbonyl (C=O) groups excluding carboxylic acids is 1. The van der Waals surface area contributed by atoms with Gasteiger partial charge in [-0.1, -0.05) is 17.7 Å². The predicted molar refractivity (Wildman–Crippen MR) is 119 cm³/mol. The Morgan fingerprint density at radius 2 is 1.53 bits per heavy atom. The molecule has 3 N–H and O–H groups in total. The van der Waals surface area contributed by atoms with Crippen LogP contribution in [0.15, 0.2) is 41.4 Å². The van der Waals surface area contributed by atoms with E-state index in [0.717, 1.165) is 5.56 Å². The minimum absolute atomic E-state index is 0.113. The summed E-state index contributed by atoms with van der Waals surface area (Å²) >= 11 is 0. The number of aryl methyl sites for hydroxylation is 2. The summed E-state index contributed by atoms with van der Waals surface area (Å²) in [5.74, 6) is 0.354. The fourth-order valence-electron chi connectivity index (χ4n) is 3.04. The Kier molecular flexibility index (Phi) is 6.58. The highest BCUT2D eigenvalue weighted by Crippen LogP contribution is 2.40. The third kappa shape index (κ3) is 4.62. The molecular formula is C21H24N4O6S. The van der Waals surface area contributed by atoms with E-state index in [1.54, 1.807) is 31.2 Å². The van der Waals surface area contributed by atoms with Gasteiger partial charge >= 0.3 is 0 Å². The highest BCUT2D eigenvalue weighted by atomic mass is 32.2. The van der Waals surface area contributed by atoms with Gasteiger partial charge in [0.05, 0.1) is 21.3 Å². The van der Waals surface area contributed by atoms with Crippen molar-refractivity contribution in [1.29, 1.82) is 0 Å². The molecule has 32 heavy (non-hydrogen) atoms. The molecule has 11 heteroatoms. The van der Waals surface area contributed by atoms with Crippen molar-refractivity contribution >= 4 is 27.3 Å². The number of anilines is 2. The molecular weight excluding hydrogens is 436 g/mol. The maximum atomic E-state index is 13.0. The zero-order chi connectivity index (χ0) is 23.5. The molecule has 0 bridgehead atoms. The first-order valence-electron chi connectivity index (χ1n) is 9.46. The Morgan fingerprint density at radius 1 is 0.938 bits per heavy atom. The van der Waals surface area contributed by atoms with E-state index in [0.29, 0.717) is 34.3 Å². The van der Waals surface area contributed by atoms with Crippen LogP contribution < -0.4 is 24.2 Å². The van der Waals surface area contributed by atoms with Gasteiger partial charge in [-0.2, -0.15) is 13.5 Å². The second kappa shape index (κ2) is 9.18. The number of nitrogens with zero attached hydrogens (tertiary/aromatic N) is 1. The molecule has 10 nitrogen and oxygen atoms in total. The van der Waals surface area contributed by atoms with Crippen LogP contribution in [-0.4, -0.2) is 45.9 Å². The lowest BCUT2D eigenvalue weighted by Crippen LogP contribution is -2.20. The summed E-state index contributed by atoms with van der Waals surface area (Å²) in [6.07, 6.45) is 0. The third-order valence-corrected chi connectivity index (χ3v) is 5.93. The molecule has 0 unspecified atom stereocenters. The first-order chi connectivity index (χ1) is 15.2. The van der Waals surface area contributed by atoms with Crippen LogP contribution in [-0.2, 0) is 10.0 Å². The van der Waals surface area contributed by atoms with Gasteiger partial charge in [-0.3, -0.25) is 14.6 Å². The Labute approximate surface area is 185 Å². The number of amides is 1. The number of hydrogen-bond acceptors (Lipinski definition) is 7. The van der Waals surface area contributed by atoms with E-state index in [9.17, 15) is 13.2 Å². The maximum Gasteiger partial charge on any atom is 0.282 e. The normalized spacial score (nSPS) is 11.0. The molecule has 1 aromatic heterocycles. The summed E-state index contributed by atoms with van der Waals surface area (Å²) < 4.78 is 44.1. The molecule has 0 fully saturated rings. The van der Waals surface area contributed by atoms with Gasteiger partial charge in [-0.05, 0) is 26.0 Å². The molecule has 1 amide bonds. The Morgan fingerprint density at radius 3 is 2.06 bits per heavy atom. The van der Waals surface area contributed by atoms with Gasteiger partial charge < -0.3 is 19.5 Å². The van der Waals surface area contributed by atoms with Crippen molar-refractivity contribution < 1.29 is 27.4 Å². The lowest BCUT2D eigenvalue weighted by molar-refractivity contribution is 0.102. The van der Waals surface area contributed by atoms with E-state index in [-0.39, 0.29) is 5.56 Å². The van der Waals surface area contributed by atoms with Crippen LogP contribution in [0, 0.1) is 13.8 Å². The van der Waals surface area contributed by atoms with Crippen LogP contribution in [0.4, 0.5) is 11.4 Å². The van der Waals surface area contributed by atoms with Gasteiger partial charge in [0, 0.05) is 29.2 Å². The highest BCUT2D eigenvalue weighted by molar-refractivity contribution is 7.92. The molecule has 3 aromatic rings. The van der Waals surface area contributed by atoms with Crippen molar-refractivity contribution in [2.24, 2.45) is 0 Å². The number of methoxy groups -OCH3 is 3. The molecule has 0 aliphatic rings. The molecule has 0 atom stereocenters. The fourth-order valence-corrected chi connectivity index (χ4v) is 4.26. The van der Waals surface area contributed by atoms with E-state index >= 15 is 0 Å². The highest BCUT2D eigenvalue weighted by Gasteiger charge is 2.29. The number of aromatic nitrogens is 2. The summed E-state index contributed by atoms with van der Waals surface area (Å²) in [6, 6.07) is 9.86. The standard InChI is InChI=1S/C21H24N4O6S/c1-12-6-8-14(9-7-12)25-32(27,28)21-18(13(2)23-24-21)20(26)22-15-10-16(29-3)19(31-5)17(11-15)30-4/h6-11,25H,1-5H3,(H,22,26)(H,23,24). The van der Waals surface area contributed by atoms with E-state index in [4.69, 9.17) is 14.2 Å². The average molecular weight is 461 g/mol. The first kappa shape index (κ1) is 22.9. The van der Waals surface area contributed by atoms with Crippen molar-refractivity contribution in [1.82, 2.24) is 10.2 Å². The molecule has 0 saturated carbocycles. The van der Waals surface area contributed by atoms with Crippen molar-refractivity contribution in [2.75, 3.05) is 31.4 Å². The number of sulfonamides is 1. The van der Waals surface area contributed by atoms with Gasteiger partial charge in [-0.15, -0.1) is 0 Å². The SMILES string of the molecule is COc1cc(NC(=O)c2c(S(=O)(=O)Nc3ccc(C)cc3)n[nH]c2C)cc(OC)c1OC. The molecule has 0 saturated heterocycles. The predicted octanol–water partition coefficient (Wildman–Crippen LogP) is 3.11. The number of nitrogens with one attached hydrogen (secondary N) is 3. The smallest absolute Gasteiger partial charge is 0.282 e. The van der Waals surface area contributed by atoms with Gasteiger partial charge in [-0.25, -0.2) is 0 Å². The van der Waals surface area contributed by atoms with Crippen molar-refractivity contribution in [2.45, 2.75) is 18.9 Å². The zero-order valence-electron chi connectivity index (χ0n) is 18.3. The van der Waals surface area contributed by atoms with Crippen molar-refractivity contribution in [3.63, 3.8) is 0 Å². The Balaban J connectivity index is 1.94. The molecule has 0 aliphatic carbocycles. The maximum absolute atomic E-state index is 13.0. The first-order valence-corrected chi connectivity index (χ1v) is 10.9.